The summed E-state index contributed by atoms with van der Waals surface area (Å²) in [5.74, 6) is 0.0812. The van der Waals surface area contributed by atoms with E-state index in [0.29, 0.717) is 45.9 Å². The van der Waals surface area contributed by atoms with Crippen molar-refractivity contribution in [1.29, 1.82) is 0 Å². The van der Waals surface area contributed by atoms with Gasteiger partial charge < -0.3 is 20.7 Å². The highest BCUT2D eigenvalue weighted by Gasteiger charge is 2.45. The van der Waals surface area contributed by atoms with E-state index in [1.807, 2.05) is 12.1 Å². The lowest BCUT2D eigenvalue weighted by Crippen LogP contribution is -2.59. The number of methoxy groups -OCH3 is 1. The fourth-order valence-electron chi connectivity index (χ4n) is 8.21. The van der Waals surface area contributed by atoms with Gasteiger partial charge in [0, 0.05) is 62.0 Å². The number of carbonyl (C=O) groups is 1. The maximum Gasteiger partial charge on any atom is 0.433 e. The minimum Gasteiger partial charge on any atom is -0.481 e. The predicted molar refractivity (Wildman–Crippen MR) is 203 cm³/mol. The van der Waals surface area contributed by atoms with Gasteiger partial charge in [-0.25, -0.2) is 19.6 Å². The predicted octanol–water partition coefficient (Wildman–Crippen LogP) is 6.57. The monoisotopic (exact) mass is 794 g/mol. The van der Waals surface area contributed by atoms with Gasteiger partial charge in [0.25, 0.3) is 5.56 Å². The molecule has 0 bridgehead atoms. The zero-order valence-corrected chi connectivity index (χ0v) is 31.4. The molecule has 2 aromatic carbocycles. The van der Waals surface area contributed by atoms with Crippen LogP contribution >= 0.6 is 23.2 Å². The topological polar surface area (TPSA) is 135 Å². The summed E-state index contributed by atoms with van der Waals surface area (Å²) in [4.78, 5) is 49.1. The Morgan fingerprint density at radius 2 is 1.69 bits per heavy atom. The molecule has 1 spiro atoms. The van der Waals surface area contributed by atoms with Crippen LogP contribution in [0.15, 0.2) is 58.1 Å². The Labute approximate surface area is 322 Å². The number of aromatic nitrogens is 4. The van der Waals surface area contributed by atoms with Crippen LogP contribution < -0.4 is 31.9 Å². The molecule has 286 valence electrons. The van der Waals surface area contributed by atoms with Crippen molar-refractivity contribution in [1.82, 2.24) is 34.6 Å². The molecule has 0 saturated carbocycles. The number of halogens is 5. The largest absolute Gasteiger partial charge is 0.481 e. The second-order valence-corrected chi connectivity index (χ2v) is 14.9. The second kappa shape index (κ2) is 13.6. The van der Waals surface area contributed by atoms with Crippen LogP contribution in [0.25, 0.3) is 33.3 Å². The maximum atomic E-state index is 14.0. The standard InChI is InChI=1S/C38H35Cl2F3N8O4/c1-49-26-17-27(38(41,42)43)47-32(29(26)34(52)50(2)36(49)54)45-23-9-5-7-21(31(23)40)20-6-4-8-22(30(20)39)24-16-19-10-11-25(28(19)33(46-24)55-3)51-15-13-37(18-51)12-14-44-35(53)48-37/h4-9,16-17,25H,10-15,18H2,1-3H3,(H,45,47)(H2,44,48,53)/t25-,37+/m0/s1. The van der Waals surface area contributed by atoms with Crippen molar-refractivity contribution in [2.45, 2.75) is 43.4 Å². The van der Waals surface area contributed by atoms with Gasteiger partial charge in [0.2, 0.25) is 5.88 Å². The number of hydrogen-bond donors (Lipinski definition) is 3. The summed E-state index contributed by atoms with van der Waals surface area (Å²) >= 11 is 14.1. The molecule has 2 atom stereocenters. The summed E-state index contributed by atoms with van der Waals surface area (Å²) in [6.45, 7) is 2.23. The Kier molecular flexibility index (Phi) is 9.09. The number of fused-ring (bicyclic) bond motifs is 2. The van der Waals surface area contributed by atoms with Crippen LogP contribution in [0, 0.1) is 0 Å². The van der Waals surface area contributed by atoms with Crippen LogP contribution in [0.4, 0.5) is 29.5 Å². The Bertz CT molecular complexity index is 2540. The first-order valence-electron chi connectivity index (χ1n) is 17.6. The average Bonchev–Trinajstić information content (AvgIpc) is 3.77. The number of anilines is 2. The second-order valence-electron chi connectivity index (χ2n) is 14.2. The van der Waals surface area contributed by atoms with Crippen molar-refractivity contribution in [3.63, 3.8) is 0 Å². The number of pyridine rings is 2. The van der Waals surface area contributed by atoms with Crippen LogP contribution in [0.1, 0.15) is 42.1 Å². The van der Waals surface area contributed by atoms with Gasteiger partial charge in [0.05, 0.1) is 39.6 Å². The van der Waals surface area contributed by atoms with E-state index in [2.05, 4.69) is 25.8 Å². The molecule has 2 aliphatic heterocycles. The van der Waals surface area contributed by atoms with Gasteiger partial charge in [0.15, 0.2) is 0 Å². The lowest BCUT2D eigenvalue weighted by atomic mass is 9.93. The number of benzene rings is 2. The first-order valence-corrected chi connectivity index (χ1v) is 18.4. The van der Waals surface area contributed by atoms with Crippen molar-refractivity contribution in [3.05, 3.63) is 96.2 Å². The highest BCUT2D eigenvalue weighted by molar-refractivity contribution is 6.39. The number of hydrogen-bond acceptors (Lipinski definition) is 8. The molecule has 5 aromatic rings. The molecule has 8 rings (SSSR count). The van der Waals surface area contributed by atoms with Gasteiger partial charge in [-0.05, 0) is 49.4 Å². The van der Waals surface area contributed by atoms with E-state index >= 15 is 0 Å². The molecule has 55 heavy (non-hydrogen) atoms. The van der Waals surface area contributed by atoms with Crippen molar-refractivity contribution in [2.75, 3.05) is 32.1 Å². The molecule has 2 fully saturated rings. The van der Waals surface area contributed by atoms with Crippen molar-refractivity contribution in [2.24, 2.45) is 14.1 Å². The van der Waals surface area contributed by atoms with Gasteiger partial charge in [-0.15, -0.1) is 0 Å². The van der Waals surface area contributed by atoms with Gasteiger partial charge in [-0.2, -0.15) is 13.2 Å². The van der Waals surface area contributed by atoms with E-state index < -0.39 is 28.9 Å². The number of aryl methyl sites for hydroxylation is 2. The van der Waals surface area contributed by atoms with E-state index in [-0.39, 0.29) is 39.2 Å². The van der Waals surface area contributed by atoms with Crippen LogP contribution in [-0.2, 0) is 26.7 Å². The van der Waals surface area contributed by atoms with Gasteiger partial charge >= 0.3 is 17.9 Å². The third-order valence-corrected chi connectivity index (χ3v) is 11.8. The smallest absolute Gasteiger partial charge is 0.433 e. The minimum atomic E-state index is -4.88. The maximum absolute atomic E-state index is 14.0. The quantitative estimate of drug-likeness (QED) is 0.176. The van der Waals surface area contributed by atoms with Crippen LogP contribution in [-0.4, -0.2) is 62.3 Å². The summed E-state index contributed by atoms with van der Waals surface area (Å²) in [6.07, 6.45) is -1.47. The van der Waals surface area contributed by atoms with Gasteiger partial charge in [0.1, 0.15) is 16.9 Å². The van der Waals surface area contributed by atoms with Crippen LogP contribution in [0.2, 0.25) is 10.0 Å². The van der Waals surface area contributed by atoms with Gasteiger partial charge in [-0.3, -0.25) is 18.8 Å². The lowest BCUT2D eigenvalue weighted by Gasteiger charge is -2.36. The first kappa shape index (κ1) is 36.8. The van der Waals surface area contributed by atoms with Crippen LogP contribution in [0.3, 0.4) is 0 Å². The molecule has 0 radical (unpaired) electrons. The molecule has 2 saturated heterocycles. The number of carbonyl (C=O) groups excluding carboxylic acids is 1. The van der Waals surface area contributed by atoms with E-state index in [9.17, 15) is 27.6 Å². The van der Waals surface area contributed by atoms with E-state index in [1.165, 1.54) is 20.2 Å². The van der Waals surface area contributed by atoms with E-state index in [4.69, 9.17) is 32.9 Å². The molecule has 12 nitrogen and oxygen atoms in total. The number of rotatable bonds is 6. The molecule has 17 heteroatoms. The zero-order chi connectivity index (χ0) is 39.0. The van der Waals surface area contributed by atoms with Crippen molar-refractivity contribution in [3.8, 4) is 28.3 Å². The first-order chi connectivity index (χ1) is 26.2. The number of urea groups is 1. The zero-order valence-electron chi connectivity index (χ0n) is 29.9. The third kappa shape index (κ3) is 6.27. The number of alkyl halides is 3. The highest BCUT2D eigenvalue weighted by atomic mass is 35.5. The SMILES string of the molecule is COc1nc(-c2cccc(-c3cccc(Nc4nc(C(F)(F)F)cc5c4c(=O)n(C)c(=O)n5C)c3Cl)c2Cl)cc2c1[C@@H](N1CC[C@]3(CCNC(=O)N3)C1)CC2. The molecular weight excluding hydrogens is 760 g/mol. The number of ether oxygens (including phenoxy) is 1. The molecule has 5 heterocycles. The Balaban J connectivity index is 1.15. The molecule has 1 aliphatic carbocycles. The average molecular weight is 796 g/mol. The normalized spacial score (nSPS) is 19.8. The molecule has 3 aliphatic rings. The molecule has 0 unspecified atom stereocenters. The highest BCUT2D eigenvalue weighted by Crippen LogP contribution is 2.47. The number of nitrogens with one attached hydrogen (secondary N) is 3. The Hall–Kier alpha value is -5.12. The summed E-state index contributed by atoms with van der Waals surface area (Å²) in [5, 5.41) is 9.06. The van der Waals surface area contributed by atoms with Crippen molar-refractivity contribution >= 4 is 51.6 Å². The van der Waals surface area contributed by atoms with Crippen LogP contribution in [0.5, 0.6) is 5.88 Å². The van der Waals surface area contributed by atoms with E-state index in [0.717, 1.165) is 59.0 Å². The molecule has 3 aromatic heterocycles. The fraction of sp³-hybridized carbons (Fsp3) is 0.342. The summed E-state index contributed by atoms with van der Waals surface area (Å²) in [7, 11) is 4.10. The lowest BCUT2D eigenvalue weighted by molar-refractivity contribution is -0.141. The van der Waals surface area contributed by atoms with E-state index in [1.54, 1.807) is 31.4 Å². The minimum absolute atomic E-state index is 0.0852. The van der Waals surface area contributed by atoms with Crippen molar-refractivity contribution < 1.29 is 22.7 Å². The molecular formula is C38H35Cl2F3N8O4. The fourth-order valence-corrected chi connectivity index (χ4v) is 8.81. The number of likely N-dealkylation sites (tertiary alicyclic amines) is 1. The van der Waals surface area contributed by atoms with Gasteiger partial charge in [-0.1, -0.05) is 53.5 Å². The number of amides is 2. The summed E-state index contributed by atoms with van der Waals surface area (Å²) in [6, 6.07) is 13.0. The number of nitrogens with zero attached hydrogens (tertiary/aromatic N) is 5. The summed E-state index contributed by atoms with van der Waals surface area (Å²) in [5.41, 5.74) is 1.07. The third-order valence-electron chi connectivity index (χ3n) is 11.0. The Morgan fingerprint density at radius 3 is 2.42 bits per heavy atom. The molecule has 3 N–H and O–H groups in total. The molecule has 2 amide bonds. The summed E-state index contributed by atoms with van der Waals surface area (Å²) < 4.78 is 49.6. The Morgan fingerprint density at radius 1 is 0.964 bits per heavy atom.